The number of amides is 1. The summed E-state index contributed by atoms with van der Waals surface area (Å²) in [5.41, 5.74) is 0. The van der Waals surface area contributed by atoms with Crippen LogP contribution in [0.4, 0.5) is 0 Å². The Morgan fingerprint density at radius 2 is 2.00 bits per heavy atom. The van der Waals surface area contributed by atoms with Crippen LogP contribution in [-0.2, 0) is 4.79 Å². The fraction of sp³-hybridized carbons (Fsp3) is 0.938. The molecule has 3 unspecified atom stereocenters. The molecule has 0 aromatic carbocycles. The molecule has 1 amide bonds. The maximum absolute atomic E-state index is 12.5. The van der Waals surface area contributed by atoms with Crippen molar-refractivity contribution in [1.82, 2.24) is 9.80 Å². The van der Waals surface area contributed by atoms with Gasteiger partial charge in [-0.2, -0.15) is 0 Å². The topological polar surface area (TPSA) is 23.6 Å². The maximum Gasteiger partial charge on any atom is 0.222 e. The van der Waals surface area contributed by atoms with Gasteiger partial charge in [-0.05, 0) is 50.0 Å². The van der Waals surface area contributed by atoms with Crippen molar-refractivity contribution in [2.75, 3.05) is 38.1 Å². The van der Waals surface area contributed by atoms with Gasteiger partial charge in [-0.1, -0.05) is 22.4 Å². The van der Waals surface area contributed by atoms with Crippen LogP contribution >= 0.6 is 15.9 Å². The summed E-state index contributed by atoms with van der Waals surface area (Å²) in [6, 6.07) is 0. The summed E-state index contributed by atoms with van der Waals surface area (Å²) in [5, 5.41) is 1.03. The first-order valence-electron chi connectivity index (χ1n) is 8.32. The van der Waals surface area contributed by atoms with E-state index in [1.807, 2.05) is 0 Å². The van der Waals surface area contributed by atoms with Crippen LogP contribution in [0.2, 0.25) is 0 Å². The zero-order valence-electron chi connectivity index (χ0n) is 12.4. The van der Waals surface area contributed by atoms with E-state index in [1.54, 1.807) is 0 Å². The molecular formula is C16H27BrN2O. The van der Waals surface area contributed by atoms with Crippen LogP contribution in [-0.4, -0.2) is 53.8 Å². The Kier molecular flexibility index (Phi) is 5.03. The Bertz CT molecular complexity index is 349. The summed E-state index contributed by atoms with van der Waals surface area (Å²) in [7, 11) is 0. The van der Waals surface area contributed by atoms with Gasteiger partial charge < -0.3 is 9.80 Å². The summed E-state index contributed by atoms with van der Waals surface area (Å²) in [5.74, 6) is 2.98. The molecule has 114 valence electrons. The molecule has 3 fully saturated rings. The van der Waals surface area contributed by atoms with Crippen LogP contribution in [0.25, 0.3) is 0 Å². The van der Waals surface area contributed by atoms with Crippen molar-refractivity contribution in [2.24, 2.45) is 17.8 Å². The molecule has 3 nitrogen and oxygen atoms in total. The SMILES string of the molecule is O=C(CC1CC2CCC1C2)N1CCCN(CCBr)CC1. The molecule has 2 aliphatic carbocycles. The summed E-state index contributed by atoms with van der Waals surface area (Å²) in [4.78, 5) is 17.2. The van der Waals surface area contributed by atoms with Crippen LogP contribution < -0.4 is 0 Å². The number of fused-ring (bicyclic) bond motifs is 2. The third-order valence-electron chi connectivity index (χ3n) is 5.66. The number of hydrogen-bond donors (Lipinski definition) is 0. The quantitative estimate of drug-likeness (QED) is 0.733. The number of nitrogens with zero attached hydrogens (tertiary/aromatic N) is 2. The van der Waals surface area contributed by atoms with E-state index in [2.05, 4.69) is 25.7 Å². The van der Waals surface area contributed by atoms with Crippen LogP contribution in [0.3, 0.4) is 0 Å². The minimum absolute atomic E-state index is 0.434. The average molecular weight is 343 g/mol. The lowest BCUT2D eigenvalue weighted by Gasteiger charge is -2.26. The van der Waals surface area contributed by atoms with Gasteiger partial charge >= 0.3 is 0 Å². The zero-order chi connectivity index (χ0) is 13.9. The van der Waals surface area contributed by atoms with Crippen LogP contribution in [0.5, 0.6) is 0 Å². The van der Waals surface area contributed by atoms with E-state index in [4.69, 9.17) is 0 Å². The molecule has 0 aromatic rings. The standard InChI is InChI=1S/C16H27BrN2O/c17-4-7-18-5-1-6-19(9-8-18)16(20)12-15-11-13-2-3-14(15)10-13/h13-15H,1-12H2. The van der Waals surface area contributed by atoms with E-state index < -0.39 is 0 Å². The first kappa shape index (κ1) is 14.8. The van der Waals surface area contributed by atoms with Gasteiger partial charge in [0.05, 0.1) is 0 Å². The minimum Gasteiger partial charge on any atom is -0.341 e. The normalized spacial score (nSPS) is 34.5. The van der Waals surface area contributed by atoms with Crippen LogP contribution in [0.1, 0.15) is 38.5 Å². The number of alkyl halides is 1. The molecule has 3 rings (SSSR count). The number of rotatable bonds is 4. The Hall–Kier alpha value is -0.0900. The molecule has 2 bridgehead atoms. The first-order chi connectivity index (χ1) is 9.76. The maximum atomic E-state index is 12.5. The third kappa shape index (κ3) is 3.38. The summed E-state index contributed by atoms with van der Waals surface area (Å²) >= 11 is 3.51. The van der Waals surface area contributed by atoms with Gasteiger partial charge in [-0.3, -0.25) is 4.79 Å². The van der Waals surface area contributed by atoms with E-state index in [0.717, 1.165) is 62.7 Å². The van der Waals surface area contributed by atoms with Crippen molar-refractivity contribution < 1.29 is 4.79 Å². The average Bonchev–Trinajstić information content (AvgIpc) is 2.96. The molecular weight excluding hydrogens is 316 g/mol. The van der Waals surface area contributed by atoms with Gasteiger partial charge in [0.15, 0.2) is 0 Å². The Balaban J connectivity index is 1.47. The molecule has 1 saturated heterocycles. The number of hydrogen-bond acceptors (Lipinski definition) is 2. The van der Waals surface area contributed by atoms with Crippen LogP contribution in [0, 0.1) is 17.8 Å². The van der Waals surface area contributed by atoms with E-state index >= 15 is 0 Å². The van der Waals surface area contributed by atoms with E-state index in [0.29, 0.717) is 11.8 Å². The highest BCUT2D eigenvalue weighted by Gasteiger charge is 2.40. The van der Waals surface area contributed by atoms with Crippen molar-refractivity contribution >= 4 is 21.8 Å². The molecule has 20 heavy (non-hydrogen) atoms. The Labute approximate surface area is 131 Å². The van der Waals surface area contributed by atoms with E-state index in [1.165, 1.54) is 25.7 Å². The van der Waals surface area contributed by atoms with E-state index in [9.17, 15) is 4.79 Å². The van der Waals surface area contributed by atoms with Gasteiger partial charge in [-0.15, -0.1) is 0 Å². The molecule has 4 heteroatoms. The Morgan fingerprint density at radius 3 is 2.70 bits per heavy atom. The van der Waals surface area contributed by atoms with Crippen molar-refractivity contribution in [3.05, 3.63) is 0 Å². The zero-order valence-corrected chi connectivity index (χ0v) is 14.0. The fourth-order valence-corrected chi connectivity index (χ4v) is 5.04. The lowest BCUT2D eigenvalue weighted by atomic mass is 9.86. The number of halogens is 1. The molecule has 3 atom stereocenters. The fourth-order valence-electron chi connectivity index (χ4n) is 4.54. The molecule has 0 radical (unpaired) electrons. The minimum atomic E-state index is 0.434. The van der Waals surface area contributed by atoms with E-state index in [-0.39, 0.29) is 0 Å². The van der Waals surface area contributed by atoms with Crippen molar-refractivity contribution in [3.63, 3.8) is 0 Å². The second-order valence-electron chi connectivity index (χ2n) is 6.90. The summed E-state index contributed by atoms with van der Waals surface area (Å²) < 4.78 is 0. The molecule has 3 aliphatic rings. The lowest BCUT2D eigenvalue weighted by Crippen LogP contribution is -2.36. The van der Waals surface area contributed by atoms with Crippen molar-refractivity contribution in [1.29, 1.82) is 0 Å². The molecule has 1 aliphatic heterocycles. The van der Waals surface area contributed by atoms with Crippen molar-refractivity contribution in [3.8, 4) is 0 Å². The van der Waals surface area contributed by atoms with Crippen LogP contribution in [0.15, 0.2) is 0 Å². The Morgan fingerprint density at radius 1 is 1.10 bits per heavy atom. The molecule has 1 heterocycles. The monoisotopic (exact) mass is 342 g/mol. The summed E-state index contributed by atoms with van der Waals surface area (Å²) in [6.07, 6.45) is 7.54. The van der Waals surface area contributed by atoms with Crippen molar-refractivity contribution in [2.45, 2.75) is 38.5 Å². The molecule has 0 N–H and O–H groups in total. The molecule has 0 aromatic heterocycles. The van der Waals surface area contributed by atoms with Gasteiger partial charge in [0, 0.05) is 37.9 Å². The number of carbonyl (C=O) groups excluding carboxylic acids is 1. The molecule has 0 spiro atoms. The van der Waals surface area contributed by atoms with Gasteiger partial charge in [0.1, 0.15) is 0 Å². The third-order valence-corrected chi connectivity index (χ3v) is 6.02. The second kappa shape index (κ2) is 6.78. The van der Waals surface area contributed by atoms with Gasteiger partial charge in [0.2, 0.25) is 5.91 Å². The molecule has 2 saturated carbocycles. The number of carbonyl (C=O) groups is 1. The predicted octanol–water partition coefficient (Wildman–Crippen LogP) is 2.74. The van der Waals surface area contributed by atoms with Gasteiger partial charge in [-0.25, -0.2) is 0 Å². The van der Waals surface area contributed by atoms with Gasteiger partial charge in [0.25, 0.3) is 0 Å². The highest BCUT2D eigenvalue weighted by molar-refractivity contribution is 9.09. The first-order valence-corrected chi connectivity index (χ1v) is 9.44. The largest absolute Gasteiger partial charge is 0.341 e. The lowest BCUT2D eigenvalue weighted by molar-refractivity contribution is -0.132. The summed E-state index contributed by atoms with van der Waals surface area (Å²) in [6.45, 7) is 5.21. The smallest absolute Gasteiger partial charge is 0.222 e. The highest BCUT2D eigenvalue weighted by atomic mass is 79.9. The predicted molar refractivity (Wildman–Crippen MR) is 85.0 cm³/mol. The highest BCUT2D eigenvalue weighted by Crippen LogP contribution is 2.49. The second-order valence-corrected chi connectivity index (χ2v) is 7.70.